The third-order valence-corrected chi connectivity index (χ3v) is 1.83. The maximum absolute atomic E-state index is 10.2. The Morgan fingerprint density at radius 3 is 2.13 bits per heavy atom. The molecule has 0 aliphatic rings. The summed E-state index contributed by atoms with van der Waals surface area (Å²) in [5.41, 5.74) is -0.814. The topological polar surface area (TPSA) is 26.3 Å². The van der Waals surface area contributed by atoms with Gasteiger partial charge in [-0.3, -0.25) is 0 Å². The van der Waals surface area contributed by atoms with Gasteiger partial charge in [-0.05, 0) is 18.1 Å². The van der Waals surface area contributed by atoms with Crippen LogP contribution < -0.4 is 4.74 Å². The molecule has 0 heterocycles. The minimum Gasteiger partial charge on any atom is -0.415 e. The molecule has 84 valence electrons. The molecule has 0 spiro atoms. The molecule has 3 heteroatoms. The summed E-state index contributed by atoms with van der Waals surface area (Å²) < 4.78 is 4.54. The van der Waals surface area contributed by atoms with Gasteiger partial charge in [-0.25, -0.2) is 4.79 Å². The zero-order valence-corrected chi connectivity index (χ0v) is 10.1. The Morgan fingerprint density at radius 2 is 1.80 bits per heavy atom. The molecule has 15 heavy (non-hydrogen) atoms. The molecular weight excluding hydrogens is 212 g/mol. The van der Waals surface area contributed by atoms with Crippen molar-refractivity contribution in [1.29, 1.82) is 0 Å². The Bertz CT molecular complexity index is 270. The van der Waals surface area contributed by atoms with Crippen LogP contribution in [0.5, 0.6) is 5.75 Å². The third-order valence-electron chi connectivity index (χ3n) is 1.76. The van der Waals surface area contributed by atoms with Crippen molar-refractivity contribution in [3.63, 3.8) is 0 Å². The molecule has 0 aromatic heterocycles. The zero-order chi connectivity index (χ0) is 11.7. The van der Waals surface area contributed by atoms with Gasteiger partial charge >= 0.3 is 5.43 Å². The molecule has 0 aliphatic heterocycles. The Hall–Kier alpha value is -1.02. The van der Waals surface area contributed by atoms with Gasteiger partial charge in [0.15, 0.2) is 0 Å². The van der Waals surface area contributed by atoms with E-state index in [0.29, 0.717) is 5.75 Å². The number of hydrogen-bond donors (Lipinski definition) is 0. The number of carbonyl (C=O) groups excluding carboxylic acids is 1. The van der Waals surface area contributed by atoms with Crippen molar-refractivity contribution in [2.75, 3.05) is 0 Å². The molecule has 0 radical (unpaired) electrons. The minimum absolute atomic E-state index is 0.461. The third kappa shape index (κ3) is 9.29. The summed E-state index contributed by atoms with van der Waals surface area (Å²) in [5.74, 6) is 1.34. The van der Waals surface area contributed by atoms with Crippen molar-refractivity contribution in [2.24, 2.45) is 5.92 Å². The zero-order valence-electron chi connectivity index (χ0n) is 9.37. The first kappa shape index (κ1) is 14.0. The summed E-state index contributed by atoms with van der Waals surface area (Å²) in [6.45, 7) is 6.64. The fraction of sp³-hybridized carbons (Fsp3) is 0.417. The Balaban J connectivity index is 0.000000336. The van der Waals surface area contributed by atoms with E-state index in [-0.39, 0.29) is 0 Å². The summed E-state index contributed by atoms with van der Waals surface area (Å²) >= 11 is 4.95. The summed E-state index contributed by atoms with van der Waals surface area (Å²) in [6, 6.07) is 8.65. The van der Waals surface area contributed by atoms with Crippen molar-refractivity contribution in [3.8, 4) is 5.75 Å². The van der Waals surface area contributed by atoms with Gasteiger partial charge in [0, 0.05) is 11.6 Å². The molecule has 0 fully saturated rings. The lowest BCUT2D eigenvalue weighted by molar-refractivity contribution is 0.225. The maximum atomic E-state index is 10.2. The van der Waals surface area contributed by atoms with Crippen LogP contribution in [-0.4, -0.2) is 5.43 Å². The second-order valence-corrected chi connectivity index (χ2v) is 3.76. The quantitative estimate of drug-likeness (QED) is 0.698. The van der Waals surface area contributed by atoms with E-state index in [1.54, 1.807) is 24.3 Å². The number of ether oxygens (including phenoxy) is 1. The lowest BCUT2D eigenvalue weighted by Gasteiger charge is -1.95. The predicted octanol–water partition coefficient (Wildman–Crippen LogP) is 4.48. The smallest absolute Gasteiger partial charge is 0.409 e. The van der Waals surface area contributed by atoms with Gasteiger partial charge in [0.2, 0.25) is 0 Å². The van der Waals surface area contributed by atoms with E-state index in [1.807, 2.05) is 6.07 Å². The summed E-state index contributed by atoms with van der Waals surface area (Å²) in [7, 11) is 0. The van der Waals surface area contributed by atoms with E-state index < -0.39 is 5.43 Å². The molecular formula is C12H17ClO2. The second kappa shape index (κ2) is 8.30. The van der Waals surface area contributed by atoms with Gasteiger partial charge in [0.1, 0.15) is 5.75 Å². The van der Waals surface area contributed by atoms with Crippen LogP contribution in [0.25, 0.3) is 0 Å². The summed E-state index contributed by atoms with van der Waals surface area (Å²) in [6.07, 6.45) is 1.31. The SMILES string of the molecule is CCC(C)C.O=C(Cl)Oc1ccccc1. The Morgan fingerprint density at radius 1 is 1.33 bits per heavy atom. The molecule has 2 nitrogen and oxygen atoms in total. The van der Waals surface area contributed by atoms with Gasteiger partial charge in [-0.15, -0.1) is 0 Å². The van der Waals surface area contributed by atoms with Gasteiger partial charge in [0.05, 0.1) is 0 Å². The highest BCUT2D eigenvalue weighted by atomic mass is 35.5. The largest absolute Gasteiger partial charge is 0.415 e. The van der Waals surface area contributed by atoms with Crippen LogP contribution in [-0.2, 0) is 0 Å². The van der Waals surface area contributed by atoms with Crippen LogP contribution in [0.1, 0.15) is 27.2 Å². The molecule has 0 atom stereocenters. The number of carbonyl (C=O) groups is 1. The van der Waals surface area contributed by atoms with E-state index in [2.05, 4.69) is 25.5 Å². The first-order valence-corrected chi connectivity index (χ1v) is 5.36. The molecule has 0 aliphatic carbocycles. The fourth-order valence-electron chi connectivity index (χ4n) is 0.581. The van der Waals surface area contributed by atoms with E-state index >= 15 is 0 Å². The van der Waals surface area contributed by atoms with Gasteiger partial charge < -0.3 is 4.74 Å². The Kier molecular flexibility index (Phi) is 7.74. The minimum atomic E-state index is -0.814. The van der Waals surface area contributed by atoms with Crippen molar-refractivity contribution in [2.45, 2.75) is 27.2 Å². The van der Waals surface area contributed by atoms with Crippen LogP contribution in [0.4, 0.5) is 4.79 Å². The molecule has 0 bridgehead atoms. The number of halogens is 1. The molecule has 0 unspecified atom stereocenters. The fourth-order valence-corrected chi connectivity index (χ4v) is 0.670. The standard InChI is InChI=1S/C7H5ClO2.C5H12/c8-7(9)10-6-4-2-1-3-5-6;1-4-5(2)3/h1-5H;5H,4H2,1-3H3. The van der Waals surface area contributed by atoms with Gasteiger partial charge in [0.25, 0.3) is 0 Å². The highest BCUT2D eigenvalue weighted by Crippen LogP contribution is 2.09. The summed E-state index contributed by atoms with van der Waals surface area (Å²) in [5, 5.41) is 0. The molecule has 0 amide bonds. The molecule has 1 rings (SSSR count). The second-order valence-electron chi connectivity index (χ2n) is 3.45. The van der Waals surface area contributed by atoms with Crippen LogP contribution >= 0.6 is 11.6 Å². The number of benzene rings is 1. The monoisotopic (exact) mass is 228 g/mol. The van der Waals surface area contributed by atoms with Crippen molar-refractivity contribution in [3.05, 3.63) is 30.3 Å². The van der Waals surface area contributed by atoms with E-state index in [9.17, 15) is 4.79 Å². The highest BCUT2D eigenvalue weighted by molar-refractivity contribution is 6.61. The van der Waals surface area contributed by atoms with Crippen LogP contribution in [0.2, 0.25) is 0 Å². The normalized spacial score (nSPS) is 9.13. The first-order chi connectivity index (χ1) is 7.06. The lowest BCUT2D eigenvalue weighted by atomic mass is 10.2. The van der Waals surface area contributed by atoms with Crippen molar-refractivity contribution >= 4 is 17.0 Å². The van der Waals surface area contributed by atoms with Crippen LogP contribution in [0, 0.1) is 5.92 Å². The predicted molar refractivity (Wildman–Crippen MR) is 63.4 cm³/mol. The molecule has 1 aromatic carbocycles. The average molecular weight is 229 g/mol. The maximum Gasteiger partial charge on any atom is 0.409 e. The molecule has 0 saturated carbocycles. The lowest BCUT2D eigenvalue weighted by Crippen LogP contribution is -1.94. The first-order valence-electron chi connectivity index (χ1n) is 4.98. The number of hydrogen-bond acceptors (Lipinski definition) is 2. The molecule has 1 aromatic rings. The Labute approximate surface area is 96.2 Å². The average Bonchev–Trinajstić information content (AvgIpc) is 2.19. The number of rotatable bonds is 2. The van der Waals surface area contributed by atoms with Gasteiger partial charge in [-0.1, -0.05) is 45.4 Å². The van der Waals surface area contributed by atoms with Crippen LogP contribution in [0.15, 0.2) is 30.3 Å². The van der Waals surface area contributed by atoms with E-state index in [4.69, 9.17) is 11.6 Å². The summed E-state index contributed by atoms with van der Waals surface area (Å²) in [4.78, 5) is 10.2. The van der Waals surface area contributed by atoms with E-state index in [1.165, 1.54) is 6.42 Å². The van der Waals surface area contributed by atoms with Crippen molar-refractivity contribution in [1.82, 2.24) is 0 Å². The van der Waals surface area contributed by atoms with Gasteiger partial charge in [-0.2, -0.15) is 0 Å². The number of para-hydroxylation sites is 1. The van der Waals surface area contributed by atoms with Crippen LogP contribution in [0.3, 0.4) is 0 Å². The van der Waals surface area contributed by atoms with Crippen molar-refractivity contribution < 1.29 is 9.53 Å². The molecule has 0 N–H and O–H groups in total. The highest BCUT2D eigenvalue weighted by Gasteiger charge is 1.95. The molecule has 0 saturated heterocycles. The van der Waals surface area contributed by atoms with E-state index in [0.717, 1.165) is 5.92 Å².